The largest absolute Gasteiger partial charge is 0.481 e. The van der Waals surface area contributed by atoms with Gasteiger partial charge in [0.2, 0.25) is 0 Å². The van der Waals surface area contributed by atoms with Crippen LogP contribution in [-0.4, -0.2) is 80.3 Å². The monoisotopic (exact) mass is 304 g/mol. The van der Waals surface area contributed by atoms with Gasteiger partial charge in [0.25, 0.3) is 0 Å². The van der Waals surface area contributed by atoms with Crippen molar-refractivity contribution in [2.24, 2.45) is 5.41 Å². The molecule has 0 aromatic heterocycles. The highest BCUT2D eigenvalue weighted by Crippen LogP contribution is 2.30. The predicted molar refractivity (Wildman–Crippen MR) is 74.0 cm³/mol. The first-order valence-electron chi connectivity index (χ1n) is 6.88. The van der Waals surface area contributed by atoms with Gasteiger partial charge < -0.3 is 29.9 Å². The molecule has 2 amide bonds. The molecule has 1 fully saturated rings. The molecule has 8 heteroatoms. The van der Waals surface area contributed by atoms with Crippen molar-refractivity contribution in [3.63, 3.8) is 0 Å². The second-order valence-electron chi connectivity index (χ2n) is 5.35. The lowest BCUT2D eigenvalue weighted by atomic mass is 9.80. The summed E-state index contributed by atoms with van der Waals surface area (Å²) < 4.78 is 9.96. The van der Waals surface area contributed by atoms with Gasteiger partial charge in [0.1, 0.15) is 0 Å². The third-order valence-corrected chi connectivity index (χ3v) is 3.67. The van der Waals surface area contributed by atoms with Crippen molar-refractivity contribution < 1.29 is 29.3 Å². The first-order valence-corrected chi connectivity index (χ1v) is 6.88. The zero-order valence-corrected chi connectivity index (χ0v) is 12.5. The fraction of sp³-hybridized carbons (Fsp3) is 0.846. The molecule has 0 aromatic rings. The normalized spacial score (nSPS) is 18.8. The van der Waals surface area contributed by atoms with Crippen LogP contribution in [0.3, 0.4) is 0 Å². The number of urea groups is 1. The molecular formula is C13H24N2O6. The number of amides is 2. The van der Waals surface area contributed by atoms with Gasteiger partial charge in [0, 0.05) is 33.9 Å². The second kappa shape index (κ2) is 8.16. The lowest BCUT2D eigenvalue weighted by Gasteiger charge is -2.33. The predicted octanol–water partition coefficient (Wildman–Crippen LogP) is -0.483. The van der Waals surface area contributed by atoms with Crippen LogP contribution in [0.15, 0.2) is 0 Å². The number of rotatable bonds is 7. The van der Waals surface area contributed by atoms with Gasteiger partial charge in [-0.15, -0.1) is 0 Å². The Morgan fingerprint density at radius 2 is 2.05 bits per heavy atom. The quantitative estimate of drug-likeness (QED) is 0.586. The summed E-state index contributed by atoms with van der Waals surface area (Å²) in [6, 6.07) is -0.419. The summed E-state index contributed by atoms with van der Waals surface area (Å²) in [4.78, 5) is 24.7. The van der Waals surface area contributed by atoms with Gasteiger partial charge in [-0.2, -0.15) is 0 Å². The van der Waals surface area contributed by atoms with Crippen molar-refractivity contribution in [2.75, 3.05) is 47.1 Å². The number of carbonyl (C=O) groups is 2. The van der Waals surface area contributed by atoms with Crippen LogP contribution >= 0.6 is 0 Å². The Bertz CT molecular complexity index is 357. The Morgan fingerprint density at radius 3 is 2.57 bits per heavy atom. The van der Waals surface area contributed by atoms with E-state index in [4.69, 9.17) is 9.47 Å². The van der Waals surface area contributed by atoms with Gasteiger partial charge in [0.05, 0.1) is 24.7 Å². The number of likely N-dealkylation sites (N-methyl/N-ethyl adjacent to an activating group) is 1. The summed E-state index contributed by atoms with van der Waals surface area (Å²) in [7, 11) is 3.00. The average Bonchev–Trinajstić information content (AvgIpc) is 2.45. The van der Waals surface area contributed by atoms with Gasteiger partial charge in [-0.1, -0.05) is 0 Å². The molecule has 1 aliphatic heterocycles. The van der Waals surface area contributed by atoms with Crippen LogP contribution in [0, 0.1) is 5.41 Å². The fourth-order valence-electron chi connectivity index (χ4n) is 2.25. The summed E-state index contributed by atoms with van der Waals surface area (Å²) in [5, 5.41) is 21.6. The van der Waals surface area contributed by atoms with E-state index in [0.717, 1.165) is 0 Å². The zero-order valence-electron chi connectivity index (χ0n) is 12.5. The van der Waals surface area contributed by atoms with Gasteiger partial charge in [-0.3, -0.25) is 4.79 Å². The molecule has 1 rings (SSSR count). The van der Waals surface area contributed by atoms with Crippen LogP contribution in [0.25, 0.3) is 0 Å². The number of carboxylic acids is 1. The number of aliphatic hydroxyl groups excluding tert-OH is 1. The van der Waals surface area contributed by atoms with Crippen molar-refractivity contribution >= 4 is 12.0 Å². The highest BCUT2D eigenvalue weighted by Gasteiger charge is 2.40. The number of aliphatic carboxylic acids is 1. The molecule has 8 nitrogen and oxygen atoms in total. The first-order chi connectivity index (χ1) is 9.91. The van der Waals surface area contributed by atoms with E-state index in [-0.39, 0.29) is 19.7 Å². The lowest BCUT2D eigenvalue weighted by Crippen LogP contribution is -2.50. The van der Waals surface area contributed by atoms with Crippen LogP contribution in [0.1, 0.15) is 12.8 Å². The molecule has 3 N–H and O–H groups in total. The first kappa shape index (κ1) is 17.7. The zero-order chi connectivity index (χ0) is 15.9. The minimum Gasteiger partial charge on any atom is -0.481 e. The second-order valence-corrected chi connectivity index (χ2v) is 5.35. The standard InChI is InChI=1S/C13H24N2O6/c1-15(7-10(16)8-20-2)12(19)14-9-13(11(17)18)3-5-21-6-4-13/h10,16H,3-9H2,1-2H3,(H,14,19)(H,17,18). The molecule has 0 spiro atoms. The Labute approximate surface area is 124 Å². The molecule has 21 heavy (non-hydrogen) atoms. The van der Waals surface area contributed by atoms with Crippen LogP contribution in [-0.2, 0) is 14.3 Å². The molecule has 0 bridgehead atoms. The molecular weight excluding hydrogens is 280 g/mol. The van der Waals surface area contributed by atoms with E-state index < -0.39 is 23.5 Å². The molecule has 0 aliphatic carbocycles. The summed E-state index contributed by atoms with van der Waals surface area (Å²) in [5.74, 6) is -0.923. The van der Waals surface area contributed by atoms with Gasteiger partial charge in [-0.25, -0.2) is 4.79 Å². The van der Waals surface area contributed by atoms with E-state index in [9.17, 15) is 19.8 Å². The fourth-order valence-corrected chi connectivity index (χ4v) is 2.25. The van der Waals surface area contributed by atoms with E-state index in [1.807, 2.05) is 0 Å². The summed E-state index contributed by atoms with van der Waals surface area (Å²) >= 11 is 0. The highest BCUT2D eigenvalue weighted by molar-refractivity contribution is 5.78. The molecule has 0 saturated carbocycles. The molecule has 0 aromatic carbocycles. The molecule has 0 radical (unpaired) electrons. The van der Waals surface area contributed by atoms with E-state index in [1.165, 1.54) is 19.1 Å². The number of hydrogen-bond acceptors (Lipinski definition) is 5. The number of aliphatic hydroxyl groups is 1. The van der Waals surface area contributed by atoms with Crippen molar-refractivity contribution in [2.45, 2.75) is 18.9 Å². The molecule has 1 unspecified atom stereocenters. The molecule has 1 saturated heterocycles. The van der Waals surface area contributed by atoms with E-state index in [0.29, 0.717) is 26.1 Å². The number of hydrogen-bond donors (Lipinski definition) is 3. The third-order valence-electron chi connectivity index (χ3n) is 3.67. The van der Waals surface area contributed by atoms with E-state index in [2.05, 4.69) is 5.32 Å². The maximum absolute atomic E-state index is 11.9. The Hall–Kier alpha value is -1.38. The minimum absolute atomic E-state index is 0.0508. The molecule has 122 valence electrons. The maximum atomic E-state index is 11.9. The van der Waals surface area contributed by atoms with Crippen LogP contribution in [0.4, 0.5) is 4.79 Å². The molecule has 1 heterocycles. The Balaban J connectivity index is 2.48. The van der Waals surface area contributed by atoms with Crippen molar-refractivity contribution in [3.05, 3.63) is 0 Å². The Morgan fingerprint density at radius 1 is 1.43 bits per heavy atom. The summed E-state index contributed by atoms with van der Waals surface area (Å²) in [5.41, 5.74) is -0.972. The van der Waals surface area contributed by atoms with Crippen molar-refractivity contribution in [1.82, 2.24) is 10.2 Å². The number of nitrogens with zero attached hydrogens (tertiary/aromatic N) is 1. The van der Waals surface area contributed by atoms with E-state index >= 15 is 0 Å². The van der Waals surface area contributed by atoms with Crippen LogP contribution in [0.5, 0.6) is 0 Å². The van der Waals surface area contributed by atoms with Crippen molar-refractivity contribution in [1.29, 1.82) is 0 Å². The van der Waals surface area contributed by atoms with Gasteiger partial charge in [0.15, 0.2) is 0 Å². The Kier molecular flexibility index (Phi) is 6.86. The maximum Gasteiger partial charge on any atom is 0.317 e. The summed E-state index contributed by atoms with van der Waals surface area (Å²) in [6.07, 6.45) is -0.0284. The third kappa shape index (κ3) is 5.14. The molecule has 1 aliphatic rings. The number of carboxylic acid groups (broad SMARTS) is 1. The van der Waals surface area contributed by atoms with Gasteiger partial charge in [-0.05, 0) is 12.8 Å². The number of methoxy groups -OCH3 is 1. The SMILES string of the molecule is COCC(O)CN(C)C(=O)NCC1(C(=O)O)CCOCC1. The van der Waals surface area contributed by atoms with Crippen LogP contribution < -0.4 is 5.32 Å². The highest BCUT2D eigenvalue weighted by atomic mass is 16.5. The van der Waals surface area contributed by atoms with Crippen LogP contribution in [0.2, 0.25) is 0 Å². The smallest absolute Gasteiger partial charge is 0.317 e. The lowest BCUT2D eigenvalue weighted by molar-refractivity contribution is -0.154. The molecule has 1 atom stereocenters. The summed E-state index contributed by atoms with van der Waals surface area (Å²) in [6.45, 7) is 1.06. The average molecular weight is 304 g/mol. The van der Waals surface area contributed by atoms with Crippen molar-refractivity contribution in [3.8, 4) is 0 Å². The minimum atomic E-state index is -0.972. The topological polar surface area (TPSA) is 108 Å². The van der Waals surface area contributed by atoms with E-state index in [1.54, 1.807) is 0 Å². The number of carbonyl (C=O) groups excluding carboxylic acids is 1. The number of ether oxygens (including phenoxy) is 2. The number of nitrogens with one attached hydrogen (secondary N) is 1. The van der Waals surface area contributed by atoms with Gasteiger partial charge >= 0.3 is 12.0 Å².